The fourth-order valence-electron chi connectivity index (χ4n) is 3.34. The molecule has 0 aliphatic carbocycles. The highest BCUT2D eigenvalue weighted by atomic mass is 32.2. The van der Waals surface area contributed by atoms with E-state index in [0.29, 0.717) is 22.8 Å². The standard InChI is InChI=1S/C23H26O6S/c1-4-5-6-7-8-11-28-16-13-18-21(24)17-12-15(23(25)27-2)9-10-19(17)29-22(18)20(14-16)30(3)26/h9-10,12-14H,4-8,11H2,1-3H3. The number of fused-ring (bicyclic) bond motifs is 2. The summed E-state index contributed by atoms with van der Waals surface area (Å²) < 4.78 is 28.8. The number of hydrogen-bond donors (Lipinski definition) is 0. The van der Waals surface area contributed by atoms with E-state index in [0.717, 1.165) is 12.8 Å². The van der Waals surface area contributed by atoms with Gasteiger partial charge in [0.2, 0.25) is 5.43 Å². The summed E-state index contributed by atoms with van der Waals surface area (Å²) in [5, 5.41) is 0.535. The lowest BCUT2D eigenvalue weighted by atomic mass is 10.1. The number of carbonyl (C=O) groups excluding carboxylic acids is 1. The zero-order chi connectivity index (χ0) is 21.7. The number of hydrogen-bond acceptors (Lipinski definition) is 6. The molecule has 0 aliphatic rings. The van der Waals surface area contributed by atoms with Gasteiger partial charge in [0.25, 0.3) is 0 Å². The molecule has 1 heterocycles. The molecule has 2 aromatic carbocycles. The first-order chi connectivity index (χ1) is 14.5. The third-order valence-electron chi connectivity index (χ3n) is 4.96. The van der Waals surface area contributed by atoms with Gasteiger partial charge in [0, 0.05) is 6.07 Å². The van der Waals surface area contributed by atoms with Crippen LogP contribution in [-0.4, -0.2) is 30.5 Å². The maximum atomic E-state index is 13.2. The van der Waals surface area contributed by atoms with Gasteiger partial charge in [-0.05, 0) is 41.9 Å². The zero-order valence-electron chi connectivity index (χ0n) is 17.5. The molecule has 1 unspecified atom stereocenters. The molecule has 0 aliphatic heterocycles. The van der Waals surface area contributed by atoms with E-state index in [9.17, 15) is 14.1 Å². The summed E-state index contributed by atoms with van der Waals surface area (Å²) in [5.74, 6) is -0.0501. The normalized spacial score (nSPS) is 12.3. The lowest BCUT2D eigenvalue weighted by molar-refractivity contribution is 0.0601. The van der Waals surface area contributed by atoms with Crippen LogP contribution in [0.3, 0.4) is 0 Å². The summed E-state index contributed by atoms with van der Waals surface area (Å²) in [6.07, 6.45) is 7.08. The number of ether oxygens (including phenoxy) is 2. The van der Waals surface area contributed by atoms with E-state index in [4.69, 9.17) is 13.9 Å². The Balaban J connectivity index is 2.02. The highest BCUT2D eigenvalue weighted by molar-refractivity contribution is 7.91. The van der Waals surface area contributed by atoms with E-state index in [1.54, 1.807) is 18.2 Å². The Morgan fingerprint density at radius 3 is 2.57 bits per heavy atom. The molecule has 0 bridgehead atoms. The summed E-state index contributed by atoms with van der Waals surface area (Å²) in [6.45, 7) is 2.69. The molecule has 0 fully saturated rings. The number of benzene rings is 2. The molecule has 3 aromatic rings. The van der Waals surface area contributed by atoms with Crippen molar-refractivity contribution in [3.05, 3.63) is 46.1 Å². The Bertz CT molecular complexity index is 1100. The molecule has 3 rings (SSSR count). The van der Waals surface area contributed by atoms with Crippen molar-refractivity contribution in [3.8, 4) is 5.75 Å². The fraction of sp³-hybridized carbons (Fsp3) is 0.391. The summed E-state index contributed by atoms with van der Waals surface area (Å²) >= 11 is -1.38. The van der Waals surface area contributed by atoms with E-state index < -0.39 is 17.1 Å². The first-order valence-corrected chi connectivity index (χ1v) is 11.6. The average Bonchev–Trinajstić information content (AvgIpc) is 2.75. The van der Waals surface area contributed by atoms with E-state index in [1.165, 1.54) is 44.8 Å². The molecular weight excluding hydrogens is 404 g/mol. The maximum Gasteiger partial charge on any atom is 0.337 e. The first-order valence-electron chi connectivity index (χ1n) is 10.1. The van der Waals surface area contributed by atoms with Crippen LogP contribution < -0.4 is 10.2 Å². The van der Waals surface area contributed by atoms with Crippen molar-refractivity contribution in [1.29, 1.82) is 0 Å². The molecule has 6 nitrogen and oxygen atoms in total. The second-order valence-electron chi connectivity index (χ2n) is 7.15. The van der Waals surface area contributed by atoms with Gasteiger partial charge < -0.3 is 18.4 Å². The van der Waals surface area contributed by atoms with Crippen molar-refractivity contribution < 1.29 is 23.2 Å². The van der Waals surface area contributed by atoms with E-state index in [1.807, 2.05) is 0 Å². The van der Waals surface area contributed by atoms with Crippen LogP contribution in [0.2, 0.25) is 0 Å². The van der Waals surface area contributed by atoms with Crippen LogP contribution in [0.4, 0.5) is 0 Å². The minimum atomic E-state index is -1.38. The van der Waals surface area contributed by atoms with Crippen LogP contribution in [0.25, 0.3) is 21.9 Å². The maximum absolute atomic E-state index is 13.2. The minimum Gasteiger partial charge on any atom is -0.612 e. The molecule has 0 N–H and O–H groups in total. The van der Waals surface area contributed by atoms with Crippen LogP contribution in [-0.2, 0) is 15.9 Å². The van der Waals surface area contributed by atoms with Crippen LogP contribution in [0, 0.1) is 0 Å². The van der Waals surface area contributed by atoms with Gasteiger partial charge in [-0.25, -0.2) is 4.79 Å². The highest BCUT2D eigenvalue weighted by Gasteiger charge is 2.20. The first kappa shape index (κ1) is 22.2. The van der Waals surface area contributed by atoms with Gasteiger partial charge in [0.15, 0.2) is 10.5 Å². The molecule has 0 saturated heterocycles. The minimum absolute atomic E-state index is 0.259. The molecule has 0 saturated carbocycles. The van der Waals surface area contributed by atoms with Crippen molar-refractivity contribution >= 4 is 39.1 Å². The van der Waals surface area contributed by atoms with Crippen molar-refractivity contribution in [2.24, 2.45) is 0 Å². The van der Waals surface area contributed by atoms with Crippen molar-refractivity contribution in [2.75, 3.05) is 20.0 Å². The third-order valence-corrected chi connectivity index (χ3v) is 5.88. The second-order valence-corrected chi connectivity index (χ2v) is 8.50. The molecular formula is C23H26O6S. The summed E-state index contributed by atoms with van der Waals surface area (Å²) in [4.78, 5) is 25.4. The van der Waals surface area contributed by atoms with Gasteiger partial charge >= 0.3 is 5.97 Å². The Hall–Kier alpha value is -2.51. The Labute approximate surface area is 178 Å². The highest BCUT2D eigenvalue weighted by Crippen LogP contribution is 2.30. The summed E-state index contributed by atoms with van der Waals surface area (Å²) in [6, 6.07) is 7.82. The Kier molecular flexibility index (Phi) is 7.39. The molecule has 0 radical (unpaired) electrons. The molecule has 1 atom stereocenters. The SMILES string of the molecule is CCCCCCCOc1cc([S+](C)[O-])c2oc3ccc(C(=O)OC)cc3c(=O)c2c1. The number of rotatable bonds is 9. The van der Waals surface area contributed by atoms with Gasteiger partial charge in [0.05, 0.1) is 30.1 Å². The topological polar surface area (TPSA) is 88.8 Å². The van der Waals surface area contributed by atoms with Crippen molar-refractivity contribution in [2.45, 2.75) is 43.9 Å². The predicted molar refractivity (Wildman–Crippen MR) is 118 cm³/mol. The average molecular weight is 431 g/mol. The Morgan fingerprint density at radius 1 is 1.10 bits per heavy atom. The van der Waals surface area contributed by atoms with Gasteiger partial charge in [-0.2, -0.15) is 0 Å². The van der Waals surface area contributed by atoms with Gasteiger partial charge in [-0.15, -0.1) is 0 Å². The fourth-order valence-corrected chi connectivity index (χ4v) is 4.03. The predicted octanol–water partition coefficient (Wildman–Crippen LogP) is 4.82. The molecule has 160 valence electrons. The summed E-state index contributed by atoms with van der Waals surface area (Å²) in [5.41, 5.74) is 0.540. The number of methoxy groups -OCH3 is 1. The van der Waals surface area contributed by atoms with Crippen molar-refractivity contribution in [3.63, 3.8) is 0 Å². The second kappa shape index (κ2) is 10.00. The zero-order valence-corrected chi connectivity index (χ0v) is 18.3. The Morgan fingerprint density at radius 2 is 1.87 bits per heavy atom. The van der Waals surface area contributed by atoms with Gasteiger partial charge in [-0.1, -0.05) is 32.6 Å². The van der Waals surface area contributed by atoms with Gasteiger partial charge in [0.1, 0.15) is 17.6 Å². The lowest BCUT2D eigenvalue weighted by Gasteiger charge is -2.12. The number of esters is 1. The van der Waals surface area contributed by atoms with Crippen LogP contribution in [0.1, 0.15) is 49.4 Å². The quantitative estimate of drug-likeness (QED) is 0.209. The van der Waals surface area contributed by atoms with Crippen molar-refractivity contribution in [1.82, 2.24) is 0 Å². The smallest absolute Gasteiger partial charge is 0.337 e. The molecule has 0 spiro atoms. The number of carbonyl (C=O) groups is 1. The summed E-state index contributed by atoms with van der Waals surface area (Å²) in [7, 11) is 1.28. The molecule has 0 amide bonds. The van der Waals surface area contributed by atoms with Crippen LogP contribution in [0.15, 0.2) is 44.4 Å². The van der Waals surface area contributed by atoms with Gasteiger partial charge in [-0.3, -0.25) is 4.79 Å². The van der Waals surface area contributed by atoms with E-state index in [-0.39, 0.29) is 27.3 Å². The largest absolute Gasteiger partial charge is 0.612 e. The molecule has 7 heteroatoms. The lowest BCUT2D eigenvalue weighted by Crippen LogP contribution is -2.09. The molecule has 1 aromatic heterocycles. The monoisotopic (exact) mass is 430 g/mol. The molecule has 30 heavy (non-hydrogen) atoms. The van der Waals surface area contributed by atoms with E-state index >= 15 is 0 Å². The third kappa shape index (κ3) is 4.79. The van der Waals surface area contributed by atoms with Crippen LogP contribution in [0.5, 0.6) is 5.75 Å². The van der Waals surface area contributed by atoms with Crippen LogP contribution >= 0.6 is 0 Å². The number of unbranched alkanes of at least 4 members (excludes halogenated alkanes) is 4. The van der Waals surface area contributed by atoms with E-state index in [2.05, 4.69) is 6.92 Å².